The van der Waals surface area contributed by atoms with Crippen LogP contribution < -0.4 is 15.0 Å². The molecule has 1 aliphatic heterocycles. The van der Waals surface area contributed by atoms with Gasteiger partial charge in [-0.3, -0.25) is 9.59 Å². The third-order valence-corrected chi connectivity index (χ3v) is 5.44. The van der Waals surface area contributed by atoms with Crippen molar-refractivity contribution in [1.29, 1.82) is 0 Å². The predicted molar refractivity (Wildman–Crippen MR) is 117 cm³/mol. The van der Waals surface area contributed by atoms with E-state index in [4.69, 9.17) is 4.74 Å². The molecular weight excluding hydrogens is 384 g/mol. The Bertz CT molecular complexity index is 947. The van der Waals surface area contributed by atoms with Crippen molar-refractivity contribution >= 4 is 29.3 Å². The molecule has 0 atom stereocenters. The number of anilines is 1. The number of para-hydroxylation sites is 1. The topological polar surface area (TPSA) is 58.6 Å². The summed E-state index contributed by atoms with van der Waals surface area (Å²) < 4.78 is 5.30. The fourth-order valence-electron chi connectivity index (χ4n) is 2.89. The summed E-state index contributed by atoms with van der Waals surface area (Å²) in [5.41, 5.74) is 1.77. The zero-order valence-corrected chi connectivity index (χ0v) is 18.0. The van der Waals surface area contributed by atoms with Gasteiger partial charge in [0.05, 0.1) is 24.2 Å². The fourth-order valence-corrected chi connectivity index (χ4v) is 3.92. The molecule has 0 spiro atoms. The van der Waals surface area contributed by atoms with Crippen LogP contribution in [0.25, 0.3) is 0 Å². The van der Waals surface area contributed by atoms with Crippen LogP contribution in [0.5, 0.6) is 5.75 Å². The maximum atomic E-state index is 13.2. The molecule has 1 aliphatic rings. The second-order valence-corrected chi connectivity index (χ2v) is 9.18. The number of carbonyl (C=O) groups is 2. The number of amides is 2. The van der Waals surface area contributed by atoms with Crippen molar-refractivity contribution in [3.63, 3.8) is 0 Å². The Morgan fingerprint density at radius 1 is 1.17 bits per heavy atom. The molecular formula is C23H26N2O3S. The van der Waals surface area contributed by atoms with E-state index >= 15 is 0 Å². The van der Waals surface area contributed by atoms with Crippen molar-refractivity contribution < 1.29 is 14.3 Å². The summed E-state index contributed by atoms with van der Waals surface area (Å²) in [7, 11) is 1.62. The first-order valence-corrected chi connectivity index (χ1v) is 10.3. The molecule has 0 bridgehead atoms. The summed E-state index contributed by atoms with van der Waals surface area (Å²) in [5, 5.41) is 2.88. The van der Waals surface area contributed by atoms with Gasteiger partial charge >= 0.3 is 0 Å². The first-order chi connectivity index (χ1) is 13.8. The number of nitrogens with zero attached hydrogens (tertiary/aromatic N) is 1. The van der Waals surface area contributed by atoms with Crippen LogP contribution in [0, 0.1) is 5.41 Å². The van der Waals surface area contributed by atoms with E-state index in [0.29, 0.717) is 18.0 Å². The van der Waals surface area contributed by atoms with Crippen LogP contribution in [0.3, 0.4) is 0 Å². The number of hydrogen-bond donors (Lipinski definition) is 1. The SMILES string of the molecule is COc1cccc(CN2C(=O)C(=CC(=O)NCC(C)(C)C)Sc3ccccc32)c1. The number of methoxy groups -OCH3 is 1. The fraction of sp³-hybridized carbons (Fsp3) is 0.304. The minimum absolute atomic E-state index is 0.0249. The van der Waals surface area contributed by atoms with E-state index < -0.39 is 0 Å². The Labute approximate surface area is 176 Å². The standard InChI is InChI=1S/C23H26N2O3S/c1-23(2,3)15-24-21(26)13-20-22(27)25(18-10-5-6-11-19(18)29-20)14-16-8-7-9-17(12-16)28-4/h5-13H,14-15H2,1-4H3,(H,24,26). The van der Waals surface area contributed by atoms with Gasteiger partial charge < -0.3 is 15.0 Å². The van der Waals surface area contributed by atoms with Crippen LogP contribution in [-0.2, 0) is 16.1 Å². The highest BCUT2D eigenvalue weighted by molar-refractivity contribution is 8.04. The van der Waals surface area contributed by atoms with Gasteiger partial charge in [-0.05, 0) is 35.2 Å². The summed E-state index contributed by atoms with van der Waals surface area (Å²) in [5.74, 6) is 0.311. The second kappa shape index (κ2) is 8.74. The Kier molecular flexibility index (Phi) is 6.33. The molecule has 0 aromatic heterocycles. The monoisotopic (exact) mass is 410 g/mol. The molecule has 0 saturated heterocycles. The molecule has 5 nitrogen and oxygen atoms in total. The third-order valence-electron chi connectivity index (χ3n) is 4.36. The first kappa shape index (κ1) is 21.0. The molecule has 0 fully saturated rings. The zero-order valence-electron chi connectivity index (χ0n) is 17.2. The van der Waals surface area contributed by atoms with E-state index in [2.05, 4.69) is 5.32 Å². The van der Waals surface area contributed by atoms with Gasteiger partial charge in [-0.1, -0.05) is 56.8 Å². The summed E-state index contributed by atoms with van der Waals surface area (Å²) >= 11 is 1.33. The number of hydrogen-bond acceptors (Lipinski definition) is 4. The van der Waals surface area contributed by atoms with Gasteiger partial charge in [-0.2, -0.15) is 0 Å². The molecule has 29 heavy (non-hydrogen) atoms. The highest BCUT2D eigenvalue weighted by atomic mass is 32.2. The molecule has 0 unspecified atom stereocenters. The lowest BCUT2D eigenvalue weighted by molar-refractivity contribution is -0.118. The van der Waals surface area contributed by atoms with Crippen LogP contribution in [0.15, 0.2) is 64.4 Å². The lowest BCUT2D eigenvalue weighted by Crippen LogP contribution is -2.35. The minimum atomic E-state index is -0.253. The smallest absolute Gasteiger partial charge is 0.265 e. The molecule has 1 N–H and O–H groups in total. The normalized spacial score (nSPS) is 15.2. The Balaban J connectivity index is 1.88. The van der Waals surface area contributed by atoms with Gasteiger partial charge in [-0.25, -0.2) is 0 Å². The first-order valence-electron chi connectivity index (χ1n) is 9.48. The van der Waals surface area contributed by atoms with E-state index in [1.165, 1.54) is 17.8 Å². The average molecular weight is 411 g/mol. The highest BCUT2D eigenvalue weighted by Crippen LogP contribution is 2.41. The third kappa shape index (κ3) is 5.41. The average Bonchev–Trinajstić information content (AvgIpc) is 2.69. The number of carbonyl (C=O) groups excluding carboxylic acids is 2. The summed E-state index contributed by atoms with van der Waals surface area (Å²) in [6, 6.07) is 15.4. The number of nitrogens with one attached hydrogen (secondary N) is 1. The molecule has 1 heterocycles. The highest BCUT2D eigenvalue weighted by Gasteiger charge is 2.29. The van der Waals surface area contributed by atoms with Crippen molar-refractivity contribution in [1.82, 2.24) is 5.32 Å². The largest absolute Gasteiger partial charge is 0.497 e. The van der Waals surface area contributed by atoms with Crippen molar-refractivity contribution in [2.24, 2.45) is 5.41 Å². The van der Waals surface area contributed by atoms with Gasteiger partial charge in [0.15, 0.2) is 0 Å². The van der Waals surface area contributed by atoms with Crippen LogP contribution >= 0.6 is 11.8 Å². The summed E-state index contributed by atoms with van der Waals surface area (Å²) in [4.78, 5) is 28.7. The molecule has 152 valence electrons. The van der Waals surface area contributed by atoms with Crippen LogP contribution in [-0.4, -0.2) is 25.5 Å². The molecule has 2 aromatic rings. The molecule has 3 rings (SSSR count). The quantitative estimate of drug-likeness (QED) is 0.743. The maximum absolute atomic E-state index is 13.2. The van der Waals surface area contributed by atoms with Crippen molar-refractivity contribution in [2.45, 2.75) is 32.2 Å². The van der Waals surface area contributed by atoms with Gasteiger partial charge in [0.1, 0.15) is 5.75 Å². The van der Waals surface area contributed by atoms with Crippen LogP contribution in [0.4, 0.5) is 5.69 Å². The molecule has 0 saturated carbocycles. The predicted octanol–water partition coefficient (Wildman–Crippen LogP) is 4.38. The van der Waals surface area contributed by atoms with E-state index in [1.807, 2.05) is 69.3 Å². The van der Waals surface area contributed by atoms with Gasteiger partial charge in [0.25, 0.3) is 5.91 Å². The van der Waals surface area contributed by atoms with Gasteiger partial charge in [-0.15, -0.1) is 0 Å². The molecule has 2 amide bonds. The number of thioether (sulfide) groups is 1. The zero-order chi connectivity index (χ0) is 21.0. The second-order valence-electron chi connectivity index (χ2n) is 8.10. The van der Waals surface area contributed by atoms with Crippen molar-refractivity contribution in [3.8, 4) is 5.75 Å². The van der Waals surface area contributed by atoms with Crippen molar-refractivity contribution in [3.05, 3.63) is 65.1 Å². The number of fused-ring (bicyclic) bond motifs is 1. The summed E-state index contributed by atoms with van der Waals surface area (Å²) in [6.07, 6.45) is 1.41. The van der Waals surface area contributed by atoms with E-state index in [9.17, 15) is 9.59 Å². The summed E-state index contributed by atoms with van der Waals surface area (Å²) in [6.45, 7) is 7.08. The number of ether oxygens (including phenoxy) is 1. The van der Waals surface area contributed by atoms with E-state index in [0.717, 1.165) is 21.9 Å². The van der Waals surface area contributed by atoms with Crippen LogP contribution in [0.1, 0.15) is 26.3 Å². The lowest BCUT2D eigenvalue weighted by Gasteiger charge is -2.30. The van der Waals surface area contributed by atoms with Gasteiger partial charge in [0.2, 0.25) is 5.91 Å². The Morgan fingerprint density at radius 3 is 2.66 bits per heavy atom. The Hall–Kier alpha value is -2.73. The van der Waals surface area contributed by atoms with E-state index in [-0.39, 0.29) is 17.2 Å². The van der Waals surface area contributed by atoms with Crippen molar-refractivity contribution in [2.75, 3.05) is 18.6 Å². The number of benzene rings is 2. The van der Waals surface area contributed by atoms with Gasteiger partial charge in [0, 0.05) is 17.5 Å². The Morgan fingerprint density at radius 2 is 1.93 bits per heavy atom. The molecule has 6 heteroatoms. The van der Waals surface area contributed by atoms with Crippen LogP contribution in [0.2, 0.25) is 0 Å². The maximum Gasteiger partial charge on any atom is 0.265 e. The molecule has 0 aliphatic carbocycles. The number of rotatable bonds is 5. The molecule has 2 aromatic carbocycles. The lowest BCUT2D eigenvalue weighted by atomic mass is 9.97. The van der Waals surface area contributed by atoms with E-state index in [1.54, 1.807) is 12.0 Å². The molecule has 0 radical (unpaired) electrons. The minimum Gasteiger partial charge on any atom is -0.497 e.